The van der Waals surface area contributed by atoms with Crippen molar-refractivity contribution >= 4 is 29.5 Å². The molecule has 5 nitrogen and oxygen atoms in total. The van der Waals surface area contributed by atoms with E-state index < -0.39 is 5.41 Å². The number of anilines is 1. The highest BCUT2D eigenvalue weighted by Gasteiger charge is 2.42. The van der Waals surface area contributed by atoms with Crippen molar-refractivity contribution in [1.82, 2.24) is 5.32 Å². The van der Waals surface area contributed by atoms with Gasteiger partial charge < -0.3 is 5.32 Å². The second kappa shape index (κ2) is 8.21. The van der Waals surface area contributed by atoms with Crippen LogP contribution in [0.5, 0.6) is 0 Å². The van der Waals surface area contributed by atoms with Crippen molar-refractivity contribution in [1.29, 1.82) is 0 Å². The zero-order valence-corrected chi connectivity index (χ0v) is 16.1. The van der Waals surface area contributed by atoms with Crippen molar-refractivity contribution in [2.75, 3.05) is 5.32 Å². The number of imide groups is 1. The summed E-state index contributed by atoms with van der Waals surface area (Å²) in [5.74, 6) is -0.693. The van der Waals surface area contributed by atoms with Crippen molar-refractivity contribution in [3.63, 3.8) is 0 Å². The van der Waals surface area contributed by atoms with Gasteiger partial charge in [-0.05, 0) is 49.1 Å². The molecule has 1 heterocycles. The minimum Gasteiger partial charge on any atom is -0.323 e. The molecule has 0 aromatic heterocycles. The molecule has 28 heavy (non-hydrogen) atoms. The van der Waals surface area contributed by atoms with Crippen LogP contribution >= 0.6 is 0 Å². The van der Waals surface area contributed by atoms with Crippen LogP contribution in [0.1, 0.15) is 42.9 Å². The summed E-state index contributed by atoms with van der Waals surface area (Å²) in [6, 6.07) is 15.2. The number of nitrogens with one attached hydrogen (secondary N) is 2. The number of piperidine rings is 1. The summed E-state index contributed by atoms with van der Waals surface area (Å²) in [6.07, 6.45) is 4.70. The highest BCUT2D eigenvalue weighted by atomic mass is 16.2. The van der Waals surface area contributed by atoms with Crippen LogP contribution in [0.3, 0.4) is 0 Å². The molecule has 0 radical (unpaired) electrons. The van der Waals surface area contributed by atoms with Gasteiger partial charge in [0.25, 0.3) is 0 Å². The maximum atomic E-state index is 12.5. The predicted molar refractivity (Wildman–Crippen MR) is 110 cm³/mol. The van der Waals surface area contributed by atoms with E-state index in [9.17, 15) is 14.4 Å². The summed E-state index contributed by atoms with van der Waals surface area (Å²) in [5.41, 5.74) is 2.94. The van der Waals surface area contributed by atoms with Crippen LogP contribution < -0.4 is 10.6 Å². The molecule has 1 unspecified atom stereocenters. The normalized spacial score (nSPS) is 19.5. The van der Waals surface area contributed by atoms with E-state index in [-0.39, 0.29) is 17.7 Å². The van der Waals surface area contributed by atoms with Crippen LogP contribution in [0.4, 0.5) is 5.69 Å². The largest absolute Gasteiger partial charge is 0.323 e. The third kappa shape index (κ3) is 4.19. The molecule has 3 amide bonds. The Bertz CT molecular complexity index is 914. The number of aryl methyl sites for hydroxylation is 1. The van der Waals surface area contributed by atoms with E-state index in [1.54, 1.807) is 18.2 Å². The lowest BCUT2D eigenvalue weighted by Gasteiger charge is -2.35. The molecule has 2 aromatic carbocycles. The number of benzene rings is 2. The molecule has 0 aliphatic carbocycles. The molecule has 1 aliphatic heterocycles. The van der Waals surface area contributed by atoms with Gasteiger partial charge in [-0.3, -0.25) is 19.7 Å². The summed E-state index contributed by atoms with van der Waals surface area (Å²) >= 11 is 0. The Hall–Kier alpha value is -3.21. The van der Waals surface area contributed by atoms with Crippen molar-refractivity contribution in [2.24, 2.45) is 0 Å². The van der Waals surface area contributed by atoms with E-state index in [2.05, 4.69) is 10.6 Å². The molecule has 1 aliphatic rings. The molecular formula is C23H24N2O3. The van der Waals surface area contributed by atoms with Gasteiger partial charge in [-0.25, -0.2) is 0 Å². The Morgan fingerprint density at radius 2 is 1.79 bits per heavy atom. The van der Waals surface area contributed by atoms with Gasteiger partial charge in [0.05, 0.1) is 5.41 Å². The quantitative estimate of drug-likeness (QED) is 0.617. The fourth-order valence-corrected chi connectivity index (χ4v) is 3.47. The Morgan fingerprint density at radius 3 is 2.39 bits per heavy atom. The second-order valence-electron chi connectivity index (χ2n) is 7.12. The zero-order chi connectivity index (χ0) is 20.1. The number of hydrogen-bond donors (Lipinski definition) is 2. The van der Waals surface area contributed by atoms with Crippen LogP contribution in [0, 0.1) is 6.92 Å². The molecule has 0 bridgehead atoms. The average molecular weight is 376 g/mol. The first kappa shape index (κ1) is 19.5. The first-order valence-electron chi connectivity index (χ1n) is 9.43. The molecule has 0 spiro atoms. The number of hydrogen-bond acceptors (Lipinski definition) is 3. The SMILES string of the molecule is CCC1(c2ccc(NC(=O)C=Cc3ccc(C)cc3)cc2)CCC(=O)NC1=O. The van der Waals surface area contributed by atoms with Gasteiger partial charge in [-0.2, -0.15) is 0 Å². The molecule has 2 aromatic rings. The Kier molecular flexibility index (Phi) is 5.73. The van der Waals surface area contributed by atoms with E-state index in [1.165, 1.54) is 11.6 Å². The highest BCUT2D eigenvalue weighted by Crippen LogP contribution is 2.36. The highest BCUT2D eigenvalue weighted by molar-refractivity contribution is 6.04. The molecule has 1 atom stereocenters. The van der Waals surface area contributed by atoms with Gasteiger partial charge in [0, 0.05) is 18.2 Å². The molecular weight excluding hydrogens is 352 g/mol. The van der Waals surface area contributed by atoms with Crippen molar-refractivity contribution in [3.8, 4) is 0 Å². The number of carbonyl (C=O) groups excluding carboxylic acids is 3. The van der Waals surface area contributed by atoms with Crippen molar-refractivity contribution in [3.05, 3.63) is 71.3 Å². The minimum atomic E-state index is -0.693. The first-order chi connectivity index (χ1) is 13.4. The Labute approximate surface area is 164 Å². The topological polar surface area (TPSA) is 75.3 Å². The molecule has 2 N–H and O–H groups in total. The average Bonchev–Trinajstić information content (AvgIpc) is 2.69. The van der Waals surface area contributed by atoms with Crippen LogP contribution in [-0.4, -0.2) is 17.7 Å². The molecule has 1 fully saturated rings. The molecule has 144 valence electrons. The van der Waals surface area contributed by atoms with Crippen LogP contribution in [0.15, 0.2) is 54.6 Å². The number of amides is 3. The van der Waals surface area contributed by atoms with E-state index in [4.69, 9.17) is 0 Å². The van der Waals surface area contributed by atoms with E-state index in [0.717, 1.165) is 11.1 Å². The lowest BCUT2D eigenvalue weighted by molar-refractivity contribution is -0.138. The molecule has 1 saturated heterocycles. The number of rotatable bonds is 5. The second-order valence-corrected chi connectivity index (χ2v) is 7.12. The maximum Gasteiger partial charge on any atom is 0.248 e. The van der Waals surface area contributed by atoms with Gasteiger partial charge in [-0.1, -0.05) is 48.9 Å². The lowest BCUT2D eigenvalue weighted by atomic mass is 9.72. The standard InChI is InChI=1S/C23H24N2O3/c1-3-23(15-14-21(27)25-22(23)28)18-9-11-19(12-10-18)24-20(26)13-8-17-6-4-16(2)5-7-17/h4-13H,3,14-15H2,1-2H3,(H,24,26)(H,25,27,28). The summed E-state index contributed by atoms with van der Waals surface area (Å²) in [4.78, 5) is 36.1. The van der Waals surface area contributed by atoms with Gasteiger partial charge in [0.15, 0.2) is 0 Å². The molecule has 3 rings (SSSR count). The van der Waals surface area contributed by atoms with Gasteiger partial charge in [-0.15, -0.1) is 0 Å². The maximum absolute atomic E-state index is 12.5. The summed E-state index contributed by atoms with van der Waals surface area (Å²) in [6.45, 7) is 3.96. The van der Waals surface area contributed by atoms with Gasteiger partial charge in [0.2, 0.25) is 17.7 Å². The summed E-state index contributed by atoms with van der Waals surface area (Å²) < 4.78 is 0. The number of carbonyl (C=O) groups is 3. The van der Waals surface area contributed by atoms with Crippen molar-refractivity contribution < 1.29 is 14.4 Å². The van der Waals surface area contributed by atoms with Gasteiger partial charge >= 0.3 is 0 Å². The van der Waals surface area contributed by atoms with E-state index in [0.29, 0.717) is 24.9 Å². The third-order valence-corrected chi connectivity index (χ3v) is 5.28. The zero-order valence-electron chi connectivity index (χ0n) is 16.1. The van der Waals surface area contributed by atoms with Crippen LogP contribution in [0.2, 0.25) is 0 Å². The fourth-order valence-electron chi connectivity index (χ4n) is 3.47. The van der Waals surface area contributed by atoms with E-state index in [1.807, 2.05) is 50.2 Å². The predicted octanol–water partition coefficient (Wildman–Crippen LogP) is 3.73. The smallest absolute Gasteiger partial charge is 0.248 e. The Morgan fingerprint density at radius 1 is 1.11 bits per heavy atom. The minimum absolute atomic E-state index is 0.223. The van der Waals surface area contributed by atoms with E-state index >= 15 is 0 Å². The monoisotopic (exact) mass is 376 g/mol. The Balaban J connectivity index is 1.68. The van der Waals surface area contributed by atoms with Crippen LogP contribution in [-0.2, 0) is 19.8 Å². The van der Waals surface area contributed by atoms with Crippen molar-refractivity contribution in [2.45, 2.75) is 38.5 Å². The fraction of sp³-hybridized carbons (Fsp3) is 0.261. The molecule has 5 heteroatoms. The summed E-state index contributed by atoms with van der Waals surface area (Å²) in [5, 5.41) is 5.27. The molecule has 0 saturated carbocycles. The van der Waals surface area contributed by atoms with Gasteiger partial charge in [0.1, 0.15) is 0 Å². The van der Waals surface area contributed by atoms with Crippen LogP contribution in [0.25, 0.3) is 6.08 Å². The summed E-state index contributed by atoms with van der Waals surface area (Å²) in [7, 11) is 0. The first-order valence-corrected chi connectivity index (χ1v) is 9.43. The lowest BCUT2D eigenvalue weighted by Crippen LogP contribution is -2.51. The third-order valence-electron chi connectivity index (χ3n) is 5.28.